The fourth-order valence-corrected chi connectivity index (χ4v) is 7.71. The summed E-state index contributed by atoms with van der Waals surface area (Å²) in [4.78, 5) is 10.5. The molecule has 2 heterocycles. The van der Waals surface area contributed by atoms with E-state index in [1.54, 1.807) is 0 Å². The molecule has 0 spiro atoms. The molecular weight excluding hydrogens is 560 g/mol. The van der Waals surface area contributed by atoms with Crippen molar-refractivity contribution < 1.29 is 0 Å². The van der Waals surface area contributed by atoms with Crippen LogP contribution in [0.1, 0.15) is 55.1 Å². The fourth-order valence-electron chi connectivity index (χ4n) is 7.71. The summed E-state index contributed by atoms with van der Waals surface area (Å²) < 4.78 is 2.39. The fraction of sp³-hybridized carbons (Fsp3) is 0.143. The van der Waals surface area contributed by atoms with E-state index in [1.165, 1.54) is 49.7 Å². The number of amidine groups is 1. The number of nitrogens with zero attached hydrogens (tertiary/aromatic N) is 3. The SMILES string of the molecule is CC1(C)C2=C(C=CCC2)c2c1ccc1c3ccc(-c4ccccc4)cc3n(C3=NC(c4ccccc4)N=C(c4ccccc4)N3)c21. The number of rotatable bonds is 3. The van der Waals surface area contributed by atoms with Crippen LogP contribution < -0.4 is 5.32 Å². The average molecular weight is 595 g/mol. The second kappa shape index (κ2) is 10.3. The number of hydrogen-bond donors (Lipinski definition) is 1. The maximum absolute atomic E-state index is 5.39. The molecule has 6 aromatic rings. The first-order valence-electron chi connectivity index (χ1n) is 16.2. The quantitative estimate of drug-likeness (QED) is 0.218. The van der Waals surface area contributed by atoms with Gasteiger partial charge in [-0.15, -0.1) is 0 Å². The lowest BCUT2D eigenvalue weighted by atomic mass is 9.78. The van der Waals surface area contributed by atoms with Gasteiger partial charge >= 0.3 is 0 Å². The smallest absolute Gasteiger partial charge is 0.211 e. The normalized spacial score (nSPS) is 18.3. The molecule has 0 saturated heterocycles. The number of aliphatic imine (C=N–C) groups is 2. The first-order valence-corrected chi connectivity index (χ1v) is 16.2. The van der Waals surface area contributed by atoms with Gasteiger partial charge in [0.15, 0.2) is 6.17 Å². The van der Waals surface area contributed by atoms with Gasteiger partial charge in [0, 0.05) is 27.3 Å². The molecule has 222 valence electrons. The Balaban J connectivity index is 1.37. The van der Waals surface area contributed by atoms with Crippen LogP contribution in [0.25, 0.3) is 38.5 Å². The van der Waals surface area contributed by atoms with Crippen molar-refractivity contribution in [2.24, 2.45) is 9.98 Å². The van der Waals surface area contributed by atoms with Crippen LogP contribution in [0.5, 0.6) is 0 Å². The predicted octanol–water partition coefficient (Wildman–Crippen LogP) is 9.81. The van der Waals surface area contributed by atoms with Crippen molar-refractivity contribution >= 4 is 39.2 Å². The minimum atomic E-state index is -0.380. The number of fused-ring (bicyclic) bond motifs is 6. The molecule has 0 radical (unpaired) electrons. The summed E-state index contributed by atoms with van der Waals surface area (Å²) in [6.07, 6.45) is 6.50. The van der Waals surface area contributed by atoms with Crippen molar-refractivity contribution in [3.8, 4) is 11.1 Å². The molecule has 1 atom stereocenters. The van der Waals surface area contributed by atoms with Crippen molar-refractivity contribution in [2.45, 2.75) is 38.3 Å². The van der Waals surface area contributed by atoms with Crippen molar-refractivity contribution in [1.29, 1.82) is 0 Å². The third-order valence-corrected chi connectivity index (χ3v) is 9.99. The molecule has 0 saturated carbocycles. The highest BCUT2D eigenvalue weighted by Crippen LogP contribution is 2.53. The molecule has 46 heavy (non-hydrogen) atoms. The van der Waals surface area contributed by atoms with Crippen LogP contribution in [0.2, 0.25) is 0 Å². The number of aromatic nitrogens is 1. The van der Waals surface area contributed by atoms with Gasteiger partial charge in [-0.05, 0) is 46.7 Å². The van der Waals surface area contributed by atoms with Gasteiger partial charge in [0.2, 0.25) is 5.96 Å². The highest BCUT2D eigenvalue weighted by atomic mass is 15.3. The molecular formula is C42H34N4. The molecule has 9 rings (SSSR count). The summed E-state index contributed by atoms with van der Waals surface area (Å²) in [5.41, 5.74) is 12.4. The average Bonchev–Trinajstić information content (AvgIpc) is 3.57. The van der Waals surface area contributed by atoms with E-state index in [-0.39, 0.29) is 11.6 Å². The summed E-state index contributed by atoms with van der Waals surface area (Å²) in [7, 11) is 0. The molecule has 2 aliphatic carbocycles. The molecule has 4 nitrogen and oxygen atoms in total. The number of benzene rings is 5. The molecule has 0 amide bonds. The first-order chi connectivity index (χ1) is 22.6. The van der Waals surface area contributed by atoms with E-state index in [2.05, 4.69) is 145 Å². The molecule has 1 N–H and O–H groups in total. The van der Waals surface area contributed by atoms with Crippen molar-refractivity contribution in [2.75, 3.05) is 0 Å². The van der Waals surface area contributed by atoms with Crippen LogP contribution >= 0.6 is 0 Å². The Hall–Kier alpha value is -5.48. The van der Waals surface area contributed by atoms with Gasteiger partial charge in [-0.25, -0.2) is 9.98 Å². The van der Waals surface area contributed by atoms with E-state index in [4.69, 9.17) is 9.98 Å². The van der Waals surface area contributed by atoms with E-state index in [0.29, 0.717) is 0 Å². The number of nitrogens with one attached hydrogen (secondary N) is 1. The zero-order valence-corrected chi connectivity index (χ0v) is 26.0. The van der Waals surface area contributed by atoms with Gasteiger partial charge in [0.05, 0.1) is 11.0 Å². The summed E-state index contributed by atoms with van der Waals surface area (Å²) >= 11 is 0. The molecule has 1 aromatic heterocycles. The monoisotopic (exact) mass is 594 g/mol. The second-order valence-electron chi connectivity index (χ2n) is 13.0. The van der Waals surface area contributed by atoms with Gasteiger partial charge in [0.1, 0.15) is 5.84 Å². The van der Waals surface area contributed by atoms with Crippen LogP contribution in [-0.2, 0) is 5.41 Å². The zero-order chi connectivity index (χ0) is 30.8. The minimum absolute atomic E-state index is 0.0366. The Kier molecular flexibility index (Phi) is 6.01. The maximum Gasteiger partial charge on any atom is 0.211 e. The van der Waals surface area contributed by atoms with E-state index in [1.807, 2.05) is 12.1 Å². The molecule has 4 heteroatoms. The maximum atomic E-state index is 5.39. The van der Waals surface area contributed by atoms with Gasteiger partial charge < -0.3 is 5.32 Å². The van der Waals surface area contributed by atoms with Gasteiger partial charge in [-0.2, -0.15) is 0 Å². The molecule has 3 aliphatic rings. The zero-order valence-electron chi connectivity index (χ0n) is 26.0. The summed E-state index contributed by atoms with van der Waals surface area (Å²) in [5.74, 6) is 1.60. The Labute approximate surface area is 269 Å². The second-order valence-corrected chi connectivity index (χ2v) is 13.0. The highest BCUT2D eigenvalue weighted by molar-refractivity contribution is 6.21. The largest absolute Gasteiger partial charge is 0.310 e. The molecule has 5 aromatic carbocycles. The number of hydrogen-bond acceptors (Lipinski definition) is 3. The van der Waals surface area contributed by atoms with Crippen LogP contribution in [0, 0.1) is 0 Å². The summed E-state index contributed by atoms with van der Waals surface area (Å²) in [6, 6.07) is 43.0. The lowest BCUT2D eigenvalue weighted by Crippen LogP contribution is -2.39. The lowest BCUT2D eigenvalue weighted by molar-refractivity contribution is 0.607. The Morgan fingerprint density at radius 1 is 0.717 bits per heavy atom. The standard InChI is InChI=1S/C42H34N4/c1-42(2)34-21-13-12-20-33(34)37-35(42)25-24-32-31-23-22-30(27-14-6-3-7-15-27)26-36(31)46(38(32)37)41-44-39(28-16-8-4-9-17-28)43-40(45-41)29-18-10-5-11-19-29/h3-12,14-20,22-26,39H,13,21H2,1-2H3,(H,43,44,45). The van der Waals surface area contributed by atoms with E-state index < -0.39 is 0 Å². The van der Waals surface area contributed by atoms with Gasteiger partial charge in [-0.3, -0.25) is 4.57 Å². The van der Waals surface area contributed by atoms with Crippen LogP contribution in [0.3, 0.4) is 0 Å². The van der Waals surface area contributed by atoms with Crippen molar-refractivity contribution in [1.82, 2.24) is 9.88 Å². The molecule has 1 aliphatic heterocycles. The first kappa shape index (κ1) is 26.9. The van der Waals surface area contributed by atoms with E-state index >= 15 is 0 Å². The number of allylic oxidation sites excluding steroid dienone is 4. The topological polar surface area (TPSA) is 41.7 Å². The minimum Gasteiger partial charge on any atom is -0.310 e. The van der Waals surface area contributed by atoms with Crippen LogP contribution in [0.15, 0.2) is 149 Å². The summed E-state index contributed by atoms with van der Waals surface area (Å²) in [5, 5.41) is 6.18. The van der Waals surface area contributed by atoms with Crippen molar-refractivity contribution in [3.05, 3.63) is 161 Å². The van der Waals surface area contributed by atoms with Gasteiger partial charge in [0.25, 0.3) is 0 Å². The molecule has 1 unspecified atom stereocenters. The van der Waals surface area contributed by atoms with Crippen LogP contribution in [0.4, 0.5) is 0 Å². The van der Waals surface area contributed by atoms with E-state index in [0.717, 1.165) is 41.3 Å². The molecule has 0 bridgehead atoms. The van der Waals surface area contributed by atoms with Crippen LogP contribution in [-0.4, -0.2) is 16.4 Å². The molecule has 0 fully saturated rings. The predicted molar refractivity (Wildman–Crippen MR) is 191 cm³/mol. The highest BCUT2D eigenvalue weighted by Gasteiger charge is 2.39. The van der Waals surface area contributed by atoms with Crippen molar-refractivity contribution in [3.63, 3.8) is 0 Å². The Morgan fingerprint density at radius 3 is 2.17 bits per heavy atom. The third-order valence-electron chi connectivity index (χ3n) is 9.99. The van der Waals surface area contributed by atoms with E-state index in [9.17, 15) is 0 Å². The third kappa shape index (κ3) is 4.06. The Morgan fingerprint density at radius 2 is 1.41 bits per heavy atom. The lowest BCUT2D eigenvalue weighted by Gasteiger charge is -2.26. The Bertz CT molecular complexity index is 2280. The summed E-state index contributed by atoms with van der Waals surface area (Å²) in [6.45, 7) is 4.78. The van der Waals surface area contributed by atoms with Gasteiger partial charge in [-0.1, -0.05) is 147 Å².